The number of hydrogen-bond acceptors (Lipinski definition) is 7. The van der Waals surface area contributed by atoms with Crippen molar-refractivity contribution >= 4 is 17.5 Å². The number of para-hydroxylation sites is 1. The average molecular weight is 420 g/mol. The quantitative estimate of drug-likeness (QED) is 0.355. The van der Waals surface area contributed by atoms with E-state index >= 15 is 0 Å². The molecule has 6 nitrogen and oxygen atoms in total. The van der Waals surface area contributed by atoms with Gasteiger partial charge < -0.3 is 13.9 Å². The van der Waals surface area contributed by atoms with Crippen LogP contribution in [0.1, 0.15) is 22.8 Å². The monoisotopic (exact) mass is 420 g/mol. The Labute approximate surface area is 170 Å². The number of aryl methyl sites for hydroxylation is 1. The van der Waals surface area contributed by atoms with Gasteiger partial charge >= 0.3 is 6.61 Å². The van der Waals surface area contributed by atoms with E-state index in [0.717, 1.165) is 17.3 Å². The first-order valence-electron chi connectivity index (χ1n) is 8.75. The number of ketones is 1. The SMILES string of the molecule is CCOc1ccccc1-c1nnc(SCC(=O)c2cc(C)ccc2OC(F)F)o1. The highest BCUT2D eigenvalue weighted by atomic mass is 32.2. The standard InChI is InChI=1S/C20H18F2N2O4S/c1-3-26-16-7-5-4-6-13(16)18-23-24-20(28-18)29-11-15(25)14-10-12(2)8-9-17(14)27-19(21)22/h4-10,19H,3,11H2,1-2H3. The minimum atomic E-state index is -3.01. The molecule has 0 aliphatic heterocycles. The van der Waals surface area contributed by atoms with Crippen LogP contribution in [0.4, 0.5) is 8.78 Å². The van der Waals surface area contributed by atoms with Crippen molar-refractivity contribution in [3.63, 3.8) is 0 Å². The Kier molecular flexibility index (Phi) is 6.82. The molecule has 0 spiro atoms. The van der Waals surface area contributed by atoms with Gasteiger partial charge in [0, 0.05) is 0 Å². The van der Waals surface area contributed by atoms with E-state index in [0.29, 0.717) is 17.9 Å². The lowest BCUT2D eigenvalue weighted by Gasteiger charge is -2.10. The largest absolute Gasteiger partial charge is 0.493 e. The highest BCUT2D eigenvalue weighted by Gasteiger charge is 2.19. The van der Waals surface area contributed by atoms with E-state index in [1.807, 2.05) is 19.1 Å². The number of nitrogens with zero attached hydrogens (tertiary/aromatic N) is 2. The smallest absolute Gasteiger partial charge is 0.387 e. The van der Waals surface area contributed by atoms with Gasteiger partial charge in [0.2, 0.25) is 0 Å². The summed E-state index contributed by atoms with van der Waals surface area (Å²) in [5, 5.41) is 8.12. The third kappa shape index (κ3) is 5.32. The van der Waals surface area contributed by atoms with E-state index in [1.165, 1.54) is 12.1 Å². The minimum Gasteiger partial charge on any atom is -0.493 e. The van der Waals surface area contributed by atoms with Gasteiger partial charge in [-0.2, -0.15) is 8.78 Å². The second-order valence-corrected chi connectivity index (χ2v) is 6.82. The molecule has 9 heteroatoms. The molecule has 0 saturated carbocycles. The van der Waals surface area contributed by atoms with Crippen molar-refractivity contribution in [1.82, 2.24) is 10.2 Å². The summed E-state index contributed by atoms with van der Waals surface area (Å²) in [5.41, 5.74) is 1.48. The fourth-order valence-corrected chi connectivity index (χ4v) is 3.21. The first-order chi connectivity index (χ1) is 14.0. The van der Waals surface area contributed by atoms with E-state index in [-0.39, 0.29) is 34.0 Å². The minimum absolute atomic E-state index is 0.0716. The fourth-order valence-electron chi connectivity index (χ4n) is 2.57. The maximum absolute atomic E-state index is 12.6. The normalized spacial score (nSPS) is 10.9. The first kappa shape index (κ1) is 20.8. The van der Waals surface area contributed by atoms with Gasteiger partial charge in [0.1, 0.15) is 11.5 Å². The molecule has 0 aliphatic carbocycles. The number of rotatable bonds is 9. The van der Waals surface area contributed by atoms with Crippen LogP contribution in [0, 0.1) is 6.92 Å². The van der Waals surface area contributed by atoms with Crippen molar-refractivity contribution in [2.75, 3.05) is 12.4 Å². The number of carbonyl (C=O) groups is 1. The lowest BCUT2D eigenvalue weighted by atomic mass is 10.1. The molecule has 0 N–H and O–H groups in total. The van der Waals surface area contributed by atoms with Gasteiger partial charge in [0.15, 0.2) is 5.78 Å². The highest BCUT2D eigenvalue weighted by molar-refractivity contribution is 7.99. The number of thioether (sulfide) groups is 1. The second kappa shape index (κ2) is 9.51. The summed E-state index contributed by atoms with van der Waals surface area (Å²) in [6.45, 7) is 1.10. The third-order valence-electron chi connectivity index (χ3n) is 3.80. The number of Topliss-reactive ketones (excluding diaryl/α,β-unsaturated/α-hetero) is 1. The summed E-state index contributed by atoms with van der Waals surface area (Å²) < 4.78 is 40.8. The molecule has 1 heterocycles. The van der Waals surface area contributed by atoms with Crippen LogP contribution in [-0.4, -0.2) is 35.0 Å². The molecule has 3 aromatic rings. The lowest BCUT2D eigenvalue weighted by molar-refractivity contribution is -0.0501. The summed E-state index contributed by atoms with van der Waals surface area (Å²) in [7, 11) is 0. The summed E-state index contributed by atoms with van der Waals surface area (Å²) >= 11 is 1.02. The van der Waals surface area contributed by atoms with Crippen molar-refractivity contribution < 1.29 is 27.5 Å². The van der Waals surface area contributed by atoms with E-state index < -0.39 is 6.61 Å². The molecule has 3 rings (SSSR count). The zero-order valence-corrected chi connectivity index (χ0v) is 16.5. The zero-order valence-electron chi connectivity index (χ0n) is 15.7. The van der Waals surface area contributed by atoms with Crippen LogP contribution >= 0.6 is 11.8 Å². The molecule has 0 radical (unpaired) electrons. The Morgan fingerprint density at radius 3 is 2.72 bits per heavy atom. The Morgan fingerprint density at radius 2 is 1.97 bits per heavy atom. The summed E-state index contributed by atoms with van der Waals surface area (Å²) in [6.07, 6.45) is 0. The van der Waals surface area contributed by atoms with Gasteiger partial charge in [-0.15, -0.1) is 10.2 Å². The highest BCUT2D eigenvalue weighted by Crippen LogP contribution is 2.31. The zero-order chi connectivity index (χ0) is 20.8. The lowest BCUT2D eigenvalue weighted by Crippen LogP contribution is -2.10. The molecule has 0 bridgehead atoms. The molecular weight excluding hydrogens is 402 g/mol. The Hall–Kier alpha value is -2.94. The van der Waals surface area contributed by atoms with Gasteiger partial charge in [-0.05, 0) is 38.1 Å². The van der Waals surface area contributed by atoms with Crippen LogP contribution in [0.3, 0.4) is 0 Å². The molecular formula is C20H18F2N2O4S. The fraction of sp³-hybridized carbons (Fsp3) is 0.250. The molecule has 0 fully saturated rings. The van der Waals surface area contributed by atoms with E-state index in [9.17, 15) is 13.6 Å². The Bertz CT molecular complexity index is 994. The van der Waals surface area contributed by atoms with E-state index in [2.05, 4.69) is 14.9 Å². The van der Waals surface area contributed by atoms with Gasteiger partial charge in [-0.25, -0.2) is 0 Å². The predicted octanol–water partition coefficient (Wildman–Crippen LogP) is 5.02. The maximum atomic E-state index is 12.6. The van der Waals surface area contributed by atoms with Crippen molar-refractivity contribution in [3.05, 3.63) is 53.6 Å². The molecule has 1 aromatic heterocycles. The maximum Gasteiger partial charge on any atom is 0.387 e. The van der Waals surface area contributed by atoms with Crippen LogP contribution in [0.5, 0.6) is 11.5 Å². The van der Waals surface area contributed by atoms with Gasteiger partial charge in [-0.1, -0.05) is 35.5 Å². The number of ether oxygens (including phenoxy) is 2. The van der Waals surface area contributed by atoms with Crippen LogP contribution in [0.25, 0.3) is 11.5 Å². The molecule has 0 aliphatic rings. The number of alkyl halides is 2. The Balaban J connectivity index is 1.72. The number of hydrogen-bond donors (Lipinski definition) is 0. The first-order valence-corrected chi connectivity index (χ1v) is 9.73. The van der Waals surface area contributed by atoms with Crippen molar-refractivity contribution in [2.45, 2.75) is 25.7 Å². The molecule has 29 heavy (non-hydrogen) atoms. The number of benzene rings is 2. The summed E-state index contributed by atoms with van der Waals surface area (Å²) in [5.74, 6) is 0.260. The molecule has 2 aromatic carbocycles. The van der Waals surface area contributed by atoms with E-state index in [4.69, 9.17) is 9.15 Å². The third-order valence-corrected chi connectivity index (χ3v) is 4.62. The summed E-state index contributed by atoms with van der Waals surface area (Å²) in [4.78, 5) is 12.5. The van der Waals surface area contributed by atoms with Gasteiger partial charge in [0.05, 0.1) is 23.5 Å². The van der Waals surface area contributed by atoms with Crippen molar-refractivity contribution in [1.29, 1.82) is 0 Å². The Morgan fingerprint density at radius 1 is 1.17 bits per heavy atom. The molecule has 152 valence electrons. The van der Waals surface area contributed by atoms with Crippen LogP contribution < -0.4 is 9.47 Å². The topological polar surface area (TPSA) is 74.5 Å². The van der Waals surface area contributed by atoms with Gasteiger partial charge in [-0.3, -0.25) is 4.79 Å². The summed E-state index contributed by atoms with van der Waals surface area (Å²) in [6, 6.07) is 11.7. The van der Waals surface area contributed by atoms with Gasteiger partial charge in [0.25, 0.3) is 11.1 Å². The van der Waals surface area contributed by atoms with Crippen molar-refractivity contribution in [3.8, 4) is 23.0 Å². The molecule has 0 unspecified atom stereocenters. The van der Waals surface area contributed by atoms with Crippen molar-refractivity contribution in [2.24, 2.45) is 0 Å². The molecule has 0 saturated heterocycles. The molecule has 0 atom stereocenters. The second-order valence-electron chi connectivity index (χ2n) is 5.89. The average Bonchev–Trinajstić information content (AvgIpc) is 3.17. The molecule has 0 amide bonds. The number of carbonyl (C=O) groups excluding carboxylic acids is 1. The van der Waals surface area contributed by atoms with Crippen LogP contribution in [-0.2, 0) is 0 Å². The van der Waals surface area contributed by atoms with Crippen LogP contribution in [0.15, 0.2) is 52.1 Å². The number of aromatic nitrogens is 2. The van der Waals surface area contributed by atoms with Crippen LogP contribution in [0.2, 0.25) is 0 Å². The van der Waals surface area contributed by atoms with E-state index in [1.54, 1.807) is 25.1 Å². The predicted molar refractivity (Wildman–Crippen MR) is 104 cm³/mol. The number of halogens is 2.